The Bertz CT molecular complexity index is 892. The van der Waals surface area contributed by atoms with Crippen molar-refractivity contribution < 1.29 is 13.2 Å². The first kappa shape index (κ1) is 19.2. The Hall–Kier alpha value is -2.08. The van der Waals surface area contributed by atoms with E-state index in [1.807, 2.05) is 18.4 Å². The predicted octanol–water partition coefficient (Wildman–Crippen LogP) is 3.86. The van der Waals surface area contributed by atoms with E-state index in [9.17, 15) is 13.2 Å². The minimum Gasteiger partial charge on any atom is -0.330 e. The molecule has 136 valence electrons. The fraction of sp³-hybridized carbons (Fsp3) is 0.421. The molecule has 0 unspecified atom stereocenters. The summed E-state index contributed by atoms with van der Waals surface area (Å²) in [5, 5.41) is 2.74. The SMILES string of the molecule is CC(=O)Nc1c(S(=O)(=O)c2ccc(C)cc2)c(C)c(C)n1CC(C)C. The third-order valence-corrected chi connectivity index (χ3v) is 6.15. The second-order valence-corrected chi connectivity index (χ2v) is 8.78. The van der Waals surface area contributed by atoms with Crippen molar-refractivity contribution in [2.45, 2.75) is 57.9 Å². The Morgan fingerprint density at radius 2 is 1.68 bits per heavy atom. The van der Waals surface area contributed by atoms with Crippen molar-refractivity contribution in [1.29, 1.82) is 0 Å². The maximum absolute atomic E-state index is 13.3. The lowest BCUT2D eigenvalue weighted by atomic mass is 10.2. The molecule has 2 rings (SSSR count). The Kier molecular flexibility index (Phi) is 5.42. The third kappa shape index (κ3) is 3.79. The molecule has 0 aliphatic rings. The summed E-state index contributed by atoms with van der Waals surface area (Å²) in [4.78, 5) is 12.1. The van der Waals surface area contributed by atoms with E-state index in [-0.39, 0.29) is 15.7 Å². The van der Waals surface area contributed by atoms with Crippen LogP contribution in [0.4, 0.5) is 5.82 Å². The van der Waals surface area contributed by atoms with Crippen LogP contribution in [0.5, 0.6) is 0 Å². The molecule has 0 fully saturated rings. The molecule has 0 atom stereocenters. The molecule has 1 aromatic heterocycles. The molecule has 1 amide bonds. The minimum atomic E-state index is -3.74. The van der Waals surface area contributed by atoms with E-state index in [1.165, 1.54) is 6.92 Å². The van der Waals surface area contributed by atoms with Crippen LogP contribution in [0.3, 0.4) is 0 Å². The average molecular weight is 362 g/mol. The van der Waals surface area contributed by atoms with E-state index in [0.717, 1.165) is 11.3 Å². The Balaban J connectivity index is 2.74. The summed E-state index contributed by atoms with van der Waals surface area (Å²) in [5.41, 5.74) is 2.51. The van der Waals surface area contributed by atoms with Gasteiger partial charge in [-0.05, 0) is 44.4 Å². The fourth-order valence-electron chi connectivity index (χ4n) is 2.88. The van der Waals surface area contributed by atoms with E-state index in [1.54, 1.807) is 31.2 Å². The molecule has 0 aliphatic heterocycles. The molecule has 0 spiro atoms. The highest BCUT2D eigenvalue weighted by Crippen LogP contribution is 2.35. The number of hydrogen-bond acceptors (Lipinski definition) is 3. The smallest absolute Gasteiger partial charge is 0.222 e. The lowest BCUT2D eigenvalue weighted by molar-refractivity contribution is -0.114. The van der Waals surface area contributed by atoms with Gasteiger partial charge in [-0.25, -0.2) is 8.42 Å². The van der Waals surface area contributed by atoms with Crippen LogP contribution in [-0.2, 0) is 21.2 Å². The molecule has 1 N–H and O–H groups in total. The van der Waals surface area contributed by atoms with Gasteiger partial charge in [-0.1, -0.05) is 31.5 Å². The average Bonchev–Trinajstić information content (AvgIpc) is 2.71. The van der Waals surface area contributed by atoms with Gasteiger partial charge in [0.2, 0.25) is 15.7 Å². The van der Waals surface area contributed by atoms with Gasteiger partial charge in [0, 0.05) is 19.2 Å². The Morgan fingerprint density at radius 1 is 1.12 bits per heavy atom. The molecule has 5 nitrogen and oxygen atoms in total. The summed E-state index contributed by atoms with van der Waals surface area (Å²) in [7, 11) is -3.74. The standard InChI is InChI=1S/C19H26N2O3S/c1-12(2)11-21-15(5)14(4)18(19(21)20-16(6)22)25(23,24)17-9-7-13(3)8-10-17/h7-10,12H,11H2,1-6H3,(H,20,22). The van der Waals surface area contributed by atoms with Gasteiger partial charge in [-0.15, -0.1) is 0 Å². The molecule has 0 saturated carbocycles. The molecule has 1 heterocycles. The maximum Gasteiger partial charge on any atom is 0.222 e. The molecule has 0 bridgehead atoms. The van der Waals surface area contributed by atoms with E-state index < -0.39 is 9.84 Å². The van der Waals surface area contributed by atoms with Crippen molar-refractivity contribution in [1.82, 2.24) is 4.57 Å². The van der Waals surface area contributed by atoms with Crippen LogP contribution >= 0.6 is 0 Å². The second-order valence-electron chi connectivity index (χ2n) is 6.89. The van der Waals surface area contributed by atoms with Crippen LogP contribution in [-0.4, -0.2) is 18.9 Å². The quantitative estimate of drug-likeness (QED) is 0.878. The van der Waals surface area contributed by atoms with E-state index in [0.29, 0.717) is 23.8 Å². The number of benzene rings is 1. The highest BCUT2D eigenvalue weighted by atomic mass is 32.2. The van der Waals surface area contributed by atoms with Crippen molar-refractivity contribution >= 4 is 21.6 Å². The van der Waals surface area contributed by atoms with Gasteiger partial charge >= 0.3 is 0 Å². The van der Waals surface area contributed by atoms with Gasteiger partial charge < -0.3 is 9.88 Å². The highest BCUT2D eigenvalue weighted by Gasteiger charge is 2.30. The van der Waals surface area contributed by atoms with Gasteiger partial charge in [0.25, 0.3) is 0 Å². The Labute approximate surface area is 150 Å². The first-order valence-electron chi connectivity index (χ1n) is 8.34. The number of amides is 1. The van der Waals surface area contributed by atoms with E-state index in [2.05, 4.69) is 19.2 Å². The summed E-state index contributed by atoms with van der Waals surface area (Å²) in [5.74, 6) is 0.382. The van der Waals surface area contributed by atoms with E-state index in [4.69, 9.17) is 0 Å². The number of carbonyl (C=O) groups is 1. The zero-order valence-electron chi connectivity index (χ0n) is 15.7. The first-order chi connectivity index (χ1) is 11.6. The molecule has 0 saturated heterocycles. The van der Waals surface area contributed by atoms with Gasteiger partial charge in [0.05, 0.1) is 4.90 Å². The molecular formula is C19H26N2O3S. The van der Waals surface area contributed by atoms with Crippen LogP contribution in [0.15, 0.2) is 34.1 Å². The van der Waals surface area contributed by atoms with Crippen molar-refractivity contribution in [3.63, 3.8) is 0 Å². The van der Waals surface area contributed by atoms with Crippen LogP contribution in [0.2, 0.25) is 0 Å². The number of carbonyl (C=O) groups excluding carboxylic acids is 1. The summed E-state index contributed by atoms with van der Waals surface area (Å²) < 4.78 is 28.4. The number of anilines is 1. The summed E-state index contributed by atoms with van der Waals surface area (Å²) in [6.07, 6.45) is 0. The number of rotatable bonds is 5. The molecule has 6 heteroatoms. The van der Waals surface area contributed by atoms with Crippen molar-refractivity contribution in [3.8, 4) is 0 Å². The molecular weight excluding hydrogens is 336 g/mol. The number of aromatic nitrogens is 1. The number of nitrogens with zero attached hydrogens (tertiary/aromatic N) is 1. The molecule has 0 radical (unpaired) electrons. The van der Waals surface area contributed by atoms with Gasteiger partial charge in [-0.3, -0.25) is 4.79 Å². The first-order valence-corrected chi connectivity index (χ1v) is 9.83. The zero-order chi connectivity index (χ0) is 18.9. The lowest BCUT2D eigenvalue weighted by Gasteiger charge is -2.15. The normalized spacial score (nSPS) is 11.8. The van der Waals surface area contributed by atoms with Gasteiger partial charge in [0.1, 0.15) is 10.7 Å². The second kappa shape index (κ2) is 7.04. The van der Waals surface area contributed by atoms with Crippen LogP contribution in [0, 0.1) is 26.7 Å². The maximum atomic E-state index is 13.3. The van der Waals surface area contributed by atoms with Gasteiger partial charge in [0.15, 0.2) is 0 Å². The summed E-state index contributed by atoms with van der Waals surface area (Å²) in [6.45, 7) is 11.7. The largest absolute Gasteiger partial charge is 0.330 e. The van der Waals surface area contributed by atoms with Crippen molar-refractivity contribution in [3.05, 3.63) is 41.1 Å². The number of sulfone groups is 1. The molecule has 0 aliphatic carbocycles. The van der Waals surface area contributed by atoms with Crippen LogP contribution < -0.4 is 5.32 Å². The minimum absolute atomic E-state index is 0.185. The number of hydrogen-bond donors (Lipinski definition) is 1. The topological polar surface area (TPSA) is 68.2 Å². The predicted molar refractivity (Wildman–Crippen MR) is 99.7 cm³/mol. The number of aryl methyl sites for hydroxylation is 1. The third-order valence-electron chi connectivity index (χ3n) is 4.22. The van der Waals surface area contributed by atoms with Crippen molar-refractivity contribution in [2.75, 3.05) is 5.32 Å². The van der Waals surface area contributed by atoms with E-state index >= 15 is 0 Å². The Morgan fingerprint density at radius 3 is 2.16 bits per heavy atom. The van der Waals surface area contributed by atoms with Crippen LogP contribution in [0.25, 0.3) is 0 Å². The monoisotopic (exact) mass is 362 g/mol. The number of nitrogens with one attached hydrogen (secondary N) is 1. The molecule has 2 aromatic rings. The zero-order valence-corrected chi connectivity index (χ0v) is 16.5. The molecule has 25 heavy (non-hydrogen) atoms. The molecule has 1 aromatic carbocycles. The van der Waals surface area contributed by atoms with Gasteiger partial charge in [-0.2, -0.15) is 0 Å². The fourth-order valence-corrected chi connectivity index (χ4v) is 4.58. The lowest BCUT2D eigenvalue weighted by Crippen LogP contribution is -2.16. The highest BCUT2D eigenvalue weighted by molar-refractivity contribution is 7.91. The van der Waals surface area contributed by atoms with Crippen molar-refractivity contribution in [2.24, 2.45) is 5.92 Å². The summed E-state index contributed by atoms with van der Waals surface area (Å²) >= 11 is 0. The summed E-state index contributed by atoms with van der Waals surface area (Å²) in [6, 6.07) is 6.77. The van der Waals surface area contributed by atoms with Crippen LogP contribution in [0.1, 0.15) is 37.6 Å².